The molecule has 0 bridgehead atoms. The van der Waals surface area contributed by atoms with Crippen LogP contribution >= 0.6 is 0 Å². The minimum absolute atomic E-state index is 0.0442. The van der Waals surface area contributed by atoms with E-state index in [1.807, 2.05) is 6.92 Å². The topological polar surface area (TPSA) is 50.2 Å². The maximum absolute atomic E-state index is 12.6. The number of likely N-dealkylation sites (tertiary alicyclic amines) is 1. The highest BCUT2D eigenvalue weighted by Gasteiger charge is 2.24. The second-order valence-electron chi connectivity index (χ2n) is 8.40. The summed E-state index contributed by atoms with van der Waals surface area (Å²) in [5.74, 6) is 1.32. The molecular weight excluding hydrogens is 312 g/mol. The fourth-order valence-corrected chi connectivity index (χ4v) is 4.50. The molecule has 1 saturated heterocycles. The summed E-state index contributed by atoms with van der Waals surface area (Å²) < 4.78 is 2.08. The standard InChI is InChI=1S/C20H34N4O/c1-15(2)13-23-10-6-7-17(14-23)11-21-20(25)19-12-22-24(16(19)3)18-8-4-5-9-18/h12,15,17-18H,4-11,13-14H2,1-3H3,(H,21,25). The summed E-state index contributed by atoms with van der Waals surface area (Å²) in [6.45, 7) is 10.8. The highest BCUT2D eigenvalue weighted by molar-refractivity contribution is 5.95. The third kappa shape index (κ3) is 4.63. The zero-order chi connectivity index (χ0) is 17.8. The Morgan fingerprint density at radius 3 is 2.76 bits per heavy atom. The van der Waals surface area contributed by atoms with Crippen LogP contribution in [-0.2, 0) is 0 Å². The van der Waals surface area contributed by atoms with Crippen molar-refractivity contribution in [1.82, 2.24) is 20.0 Å². The molecule has 2 aliphatic rings. The molecule has 1 aliphatic heterocycles. The fraction of sp³-hybridized carbons (Fsp3) is 0.800. The van der Waals surface area contributed by atoms with Crippen LogP contribution < -0.4 is 5.32 Å². The highest BCUT2D eigenvalue weighted by atomic mass is 16.1. The van der Waals surface area contributed by atoms with E-state index in [0.717, 1.165) is 30.9 Å². The van der Waals surface area contributed by atoms with E-state index in [9.17, 15) is 4.79 Å². The lowest BCUT2D eigenvalue weighted by Crippen LogP contribution is -2.42. The highest BCUT2D eigenvalue weighted by Crippen LogP contribution is 2.30. The molecule has 0 aromatic carbocycles. The molecule has 1 atom stereocenters. The third-order valence-corrected chi connectivity index (χ3v) is 5.74. The Hall–Kier alpha value is -1.36. The molecule has 1 saturated carbocycles. The summed E-state index contributed by atoms with van der Waals surface area (Å²) >= 11 is 0. The number of piperidine rings is 1. The molecule has 2 heterocycles. The SMILES string of the molecule is Cc1c(C(=O)NCC2CCCN(CC(C)C)C2)cnn1C1CCCC1. The van der Waals surface area contributed by atoms with Gasteiger partial charge >= 0.3 is 0 Å². The van der Waals surface area contributed by atoms with Gasteiger partial charge in [-0.05, 0) is 51.0 Å². The van der Waals surface area contributed by atoms with E-state index in [1.54, 1.807) is 6.20 Å². The van der Waals surface area contributed by atoms with Gasteiger partial charge in [-0.15, -0.1) is 0 Å². The maximum Gasteiger partial charge on any atom is 0.254 e. The number of rotatable bonds is 6. The number of amides is 1. The molecule has 140 valence electrons. The monoisotopic (exact) mass is 346 g/mol. The van der Waals surface area contributed by atoms with Crippen molar-refractivity contribution < 1.29 is 4.79 Å². The van der Waals surface area contributed by atoms with E-state index in [2.05, 4.69) is 33.8 Å². The van der Waals surface area contributed by atoms with Gasteiger partial charge in [-0.1, -0.05) is 26.7 Å². The second-order valence-corrected chi connectivity index (χ2v) is 8.40. The predicted molar refractivity (Wildman–Crippen MR) is 101 cm³/mol. The van der Waals surface area contributed by atoms with Crippen molar-refractivity contribution >= 4 is 5.91 Å². The minimum atomic E-state index is 0.0442. The van der Waals surface area contributed by atoms with Gasteiger partial charge in [-0.3, -0.25) is 9.48 Å². The normalized spacial score (nSPS) is 22.6. The summed E-state index contributed by atoms with van der Waals surface area (Å²) in [5, 5.41) is 7.67. The predicted octanol–water partition coefficient (Wildman–Crippen LogP) is 3.40. The van der Waals surface area contributed by atoms with Gasteiger partial charge in [-0.25, -0.2) is 0 Å². The number of hydrogen-bond donors (Lipinski definition) is 1. The van der Waals surface area contributed by atoms with E-state index in [4.69, 9.17) is 0 Å². The first-order valence-electron chi connectivity index (χ1n) is 10.1. The first-order valence-corrected chi connectivity index (χ1v) is 10.1. The molecule has 1 aromatic rings. The van der Waals surface area contributed by atoms with E-state index >= 15 is 0 Å². The van der Waals surface area contributed by atoms with Crippen LogP contribution in [0.25, 0.3) is 0 Å². The number of carbonyl (C=O) groups excluding carboxylic acids is 1. The molecule has 5 nitrogen and oxygen atoms in total. The van der Waals surface area contributed by atoms with Crippen molar-refractivity contribution in [2.24, 2.45) is 11.8 Å². The van der Waals surface area contributed by atoms with Crippen LogP contribution in [0.1, 0.15) is 74.5 Å². The van der Waals surface area contributed by atoms with Crippen molar-refractivity contribution in [3.05, 3.63) is 17.5 Å². The average molecular weight is 347 g/mol. The zero-order valence-corrected chi connectivity index (χ0v) is 16.1. The second kappa shape index (κ2) is 8.35. The molecule has 1 unspecified atom stereocenters. The van der Waals surface area contributed by atoms with Crippen LogP contribution in [0.15, 0.2) is 6.20 Å². The van der Waals surface area contributed by atoms with Gasteiger partial charge in [0.25, 0.3) is 5.91 Å². The fourth-order valence-electron chi connectivity index (χ4n) is 4.50. The van der Waals surface area contributed by atoms with Crippen molar-refractivity contribution in [3.63, 3.8) is 0 Å². The molecule has 5 heteroatoms. The van der Waals surface area contributed by atoms with Gasteiger partial charge in [-0.2, -0.15) is 5.10 Å². The largest absolute Gasteiger partial charge is 0.352 e. The van der Waals surface area contributed by atoms with Crippen LogP contribution in [0.5, 0.6) is 0 Å². The lowest BCUT2D eigenvalue weighted by molar-refractivity contribution is 0.0928. The summed E-state index contributed by atoms with van der Waals surface area (Å²) in [6, 6.07) is 0.490. The number of carbonyl (C=O) groups is 1. The van der Waals surface area contributed by atoms with Gasteiger partial charge in [0.2, 0.25) is 0 Å². The van der Waals surface area contributed by atoms with Gasteiger partial charge in [0.15, 0.2) is 0 Å². The maximum atomic E-state index is 12.6. The lowest BCUT2D eigenvalue weighted by Gasteiger charge is -2.33. The molecule has 2 fully saturated rings. The van der Waals surface area contributed by atoms with Crippen molar-refractivity contribution in [1.29, 1.82) is 0 Å². The Bertz CT molecular complexity index is 574. The molecule has 0 radical (unpaired) electrons. The molecule has 1 N–H and O–H groups in total. The number of nitrogens with zero attached hydrogens (tertiary/aromatic N) is 3. The first kappa shape index (κ1) is 18.4. The molecular formula is C20H34N4O. The Kier molecular flexibility index (Phi) is 6.15. The Morgan fingerprint density at radius 1 is 1.28 bits per heavy atom. The molecule has 1 aromatic heterocycles. The molecule has 1 amide bonds. The van der Waals surface area contributed by atoms with Gasteiger partial charge in [0.1, 0.15) is 0 Å². The van der Waals surface area contributed by atoms with E-state index in [0.29, 0.717) is 17.9 Å². The van der Waals surface area contributed by atoms with Gasteiger partial charge < -0.3 is 10.2 Å². The van der Waals surface area contributed by atoms with Crippen LogP contribution in [0, 0.1) is 18.8 Å². The Balaban J connectivity index is 1.52. The van der Waals surface area contributed by atoms with Gasteiger partial charge in [0, 0.05) is 25.3 Å². The molecule has 3 rings (SSSR count). The summed E-state index contributed by atoms with van der Waals surface area (Å²) in [7, 11) is 0. The van der Waals surface area contributed by atoms with Crippen LogP contribution in [0.2, 0.25) is 0 Å². The zero-order valence-electron chi connectivity index (χ0n) is 16.1. The Labute approximate surface area is 152 Å². The Morgan fingerprint density at radius 2 is 2.04 bits per heavy atom. The van der Waals surface area contributed by atoms with E-state index in [-0.39, 0.29) is 5.91 Å². The van der Waals surface area contributed by atoms with E-state index < -0.39 is 0 Å². The van der Waals surface area contributed by atoms with Crippen molar-refractivity contribution in [2.45, 2.75) is 65.3 Å². The smallest absolute Gasteiger partial charge is 0.254 e. The summed E-state index contributed by atoms with van der Waals surface area (Å²) in [5.41, 5.74) is 1.77. The van der Waals surface area contributed by atoms with Crippen LogP contribution in [-0.4, -0.2) is 46.8 Å². The number of aromatic nitrogens is 2. The number of nitrogens with one attached hydrogen (secondary N) is 1. The third-order valence-electron chi connectivity index (χ3n) is 5.74. The molecule has 0 spiro atoms. The number of hydrogen-bond acceptors (Lipinski definition) is 3. The first-order chi connectivity index (χ1) is 12.0. The summed E-state index contributed by atoms with van der Waals surface area (Å²) in [6.07, 6.45) is 9.16. The molecule has 1 aliphatic carbocycles. The van der Waals surface area contributed by atoms with Crippen molar-refractivity contribution in [2.75, 3.05) is 26.2 Å². The van der Waals surface area contributed by atoms with Gasteiger partial charge in [0.05, 0.1) is 17.8 Å². The van der Waals surface area contributed by atoms with Crippen LogP contribution in [0.4, 0.5) is 0 Å². The lowest BCUT2D eigenvalue weighted by atomic mass is 9.97. The van der Waals surface area contributed by atoms with Crippen molar-refractivity contribution in [3.8, 4) is 0 Å². The van der Waals surface area contributed by atoms with Crippen LogP contribution in [0.3, 0.4) is 0 Å². The van der Waals surface area contributed by atoms with E-state index in [1.165, 1.54) is 45.1 Å². The average Bonchev–Trinajstić information content (AvgIpc) is 3.21. The molecule has 25 heavy (non-hydrogen) atoms. The summed E-state index contributed by atoms with van der Waals surface area (Å²) in [4.78, 5) is 15.2. The quantitative estimate of drug-likeness (QED) is 0.859. The minimum Gasteiger partial charge on any atom is -0.352 e.